The number of benzene rings is 1. The van der Waals surface area contributed by atoms with E-state index in [1.165, 1.54) is 0 Å². The fourth-order valence-electron chi connectivity index (χ4n) is 2.97. The predicted octanol–water partition coefficient (Wildman–Crippen LogP) is 3.71. The number of allylic oxidation sites excluding steroid dienone is 1. The standard InChI is InChI=1S/C17H26N2O.2ClH/c1-3-5-9-16(19-12-10-18-11-13-19)15-8-6-7-14(4-2)17(15)20;;/h3,6-8,16,18,20H,1,4-5,9-13H2,2H3;2*1H/t16-;;/m0../s1. The van der Waals surface area contributed by atoms with Gasteiger partial charge in [-0.2, -0.15) is 0 Å². The van der Waals surface area contributed by atoms with Crippen molar-refractivity contribution in [3.05, 3.63) is 42.0 Å². The average molecular weight is 347 g/mol. The molecule has 0 amide bonds. The molecular formula is C17H28Cl2N2O. The highest BCUT2D eigenvalue weighted by atomic mass is 35.5. The lowest BCUT2D eigenvalue weighted by atomic mass is 9.95. The van der Waals surface area contributed by atoms with E-state index in [9.17, 15) is 5.11 Å². The molecule has 0 bridgehead atoms. The summed E-state index contributed by atoms with van der Waals surface area (Å²) in [5.41, 5.74) is 2.12. The Morgan fingerprint density at radius 2 is 2.00 bits per heavy atom. The van der Waals surface area contributed by atoms with E-state index in [-0.39, 0.29) is 24.8 Å². The van der Waals surface area contributed by atoms with Crippen molar-refractivity contribution in [2.24, 2.45) is 0 Å². The van der Waals surface area contributed by atoms with Crippen LogP contribution in [0.4, 0.5) is 0 Å². The van der Waals surface area contributed by atoms with E-state index in [1.54, 1.807) is 0 Å². The van der Waals surface area contributed by atoms with E-state index in [0.717, 1.165) is 56.6 Å². The number of nitrogens with zero attached hydrogens (tertiary/aromatic N) is 1. The molecule has 2 N–H and O–H groups in total. The van der Waals surface area contributed by atoms with Gasteiger partial charge in [-0.05, 0) is 24.8 Å². The fourth-order valence-corrected chi connectivity index (χ4v) is 2.97. The first-order valence-electron chi connectivity index (χ1n) is 7.64. The molecule has 1 saturated heterocycles. The number of hydrogen-bond acceptors (Lipinski definition) is 3. The monoisotopic (exact) mass is 346 g/mol. The van der Waals surface area contributed by atoms with Gasteiger partial charge < -0.3 is 10.4 Å². The molecule has 0 aliphatic carbocycles. The largest absolute Gasteiger partial charge is 0.507 e. The Hall–Kier alpha value is -0.740. The van der Waals surface area contributed by atoms with E-state index in [4.69, 9.17) is 0 Å². The highest BCUT2D eigenvalue weighted by Gasteiger charge is 2.24. The van der Waals surface area contributed by atoms with Crippen molar-refractivity contribution in [1.82, 2.24) is 10.2 Å². The molecule has 0 unspecified atom stereocenters. The lowest BCUT2D eigenvalue weighted by Crippen LogP contribution is -2.45. The van der Waals surface area contributed by atoms with Crippen LogP contribution in [0.5, 0.6) is 5.75 Å². The Morgan fingerprint density at radius 3 is 2.59 bits per heavy atom. The number of aryl methyl sites for hydroxylation is 1. The minimum atomic E-state index is 0. The van der Waals surface area contributed by atoms with Gasteiger partial charge in [0.2, 0.25) is 0 Å². The second-order valence-electron chi connectivity index (χ2n) is 5.38. The molecule has 1 aromatic carbocycles. The van der Waals surface area contributed by atoms with Gasteiger partial charge in [0, 0.05) is 37.8 Å². The first kappa shape index (κ1) is 21.3. The summed E-state index contributed by atoms with van der Waals surface area (Å²) in [6, 6.07) is 6.45. The Kier molecular flexibility index (Phi) is 10.5. The first-order chi connectivity index (χ1) is 9.77. The molecule has 3 nitrogen and oxygen atoms in total. The molecular weight excluding hydrogens is 319 g/mol. The summed E-state index contributed by atoms with van der Waals surface area (Å²) in [5, 5.41) is 13.9. The smallest absolute Gasteiger partial charge is 0.123 e. The number of phenols is 1. The van der Waals surface area contributed by atoms with Crippen molar-refractivity contribution in [1.29, 1.82) is 0 Å². The zero-order chi connectivity index (χ0) is 14.4. The zero-order valence-corrected chi connectivity index (χ0v) is 14.9. The van der Waals surface area contributed by atoms with Crippen molar-refractivity contribution >= 4 is 24.8 Å². The Morgan fingerprint density at radius 1 is 1.32 bits per heavy atom. The number of aromatic hydroxyl groups is 1. The Bertz CT molecular complexity index is 448. The number of piperazine rings is 1. The molecule has 0 spiro atoms. The summed E-state index contributed by atoms with van der Waals surface area (Å²) < 4.78 is 0. The van der Waals surface area contributed by atoms with Crippen LogP contribution in [0.1, 0.15) is 36.9 Å². The molecule has 1 aromatic rings. The number of rotatable bonds is 6. The molecule has 22 heavy (non-hydrogen) atoms. The Labute approximate surface area is 146 Å². The SMILES string of the molecule is C=CCC[C@@H](c1cccc(CC)c1O)N1CCNCC1.Cl.Cl. The second-order valence-corrected chi connectivity index (χ2v) is 5.38. The quantitative estimate of drug-likeness (QED) is 0.770. The van der Waals surface area contributed by atoms with Crippen molar-refractivity contribution < 1.29 is 5.11 Å². The van der Waals surface area contributed by atoms with Crippen LogP contribution in [0.25, 0.3) is 0 Å². The van der Waals surface area contributed by atoms with E-state index < -0.39 is 0 Å². The van der Waals surface area contributed by atoms with Crippen LogP contribution in [-0.2, 0) is 6.42 Å². The summed E-state index contributed by atoms with van der Waals surface area (Å²) in [4.78, 5) is 2.48. The minimum absolute atomic E-state index is 0. The summed E-state index contributed by atoms with van der Waals surface area (Å²) >= 11 is 0. The van der Waals surface area contributed by atoms with Gasteiger partial charge in [-0.15, -0.1) is 31.4 Å². The van der Waals surface area contributed by atoms with Gasteiger partial charge in [-0.3, -0.25) is 4.90 Å². The lowest BCUT2D eigenvalue weighted by molar-refractivity contribution is 0.163. The number of phenolic OH excluding ortho intramolecular Hbond substituents is 1. The van der Waals surface area contributed by atoms with Crippen molar-refractivity contribution in [2.45, 2.75) is 32.2 Å². The summed E-state index contributed by atoms with van der Waals surface area (Å²) in [5.74, 6) is 0.489. The second kappa shape index (κ2) is 10.9. The molecule has 1 fully saturated rings. The highest BCUT2D eigenvalue weighted by Crippen LogP contribution is 2.34. The van der Waals surface area contributed by atoms with Crippen molar-refractivity contribution in [3.8, 4) is 5.75 Å². The van der Waals surface area contributed by atoms with E-state index >= 15 is 0 Å². The third-order valence-corrected chi connectivity index (χ3v) is 4.13. The van der Waals surface area contributed by atoms with Gasteiger partial charge in [0.25, 0.3) is 0 Å². The van der Waals surface area contributed by atoms with Crippen LogP contribution in [0, 0.1) is 0 Å². The summed E-state index contributed by atoms with van der Waals surface area (Å²) in [7, 11) is 0. The summed E-state index contributed by atoms with van der Waals surface area (Å²) in [6.45, 7) is 10.1. The topological polar surface area (TPSA) is 35.5 Å². The van der Waals surface area contributed by atoms with Gasteiger partial charge in [0.1, 0.15) is 5.75 Å². The number of hydrogen-bond donors (Lipinski definition) is 2. The fraction of sp³-hybridized carbons (Fsp3) is 0.529. The number of nitrogens with one attached hydrogen (secondary N) is 1. The van der Waals surface area contributed by atoms with Crippen molar-refractivity contribution in [2.75, 3.05) is 26.2 Å². The van der Waals surface area contributed by atoms with E-state index in [1.807, 2.05) is 12.1 Å². The normalized spacial score (nSPS) is 16.2. The molecule has 0 aromatic heterocycles. The maximum atomic E-state index is 10.5. The summed E-state index contributed by atoms with van der Waals surface area (Å²) in [6.07, 6.45) is 4.83. The molecule has 2 rings (SSSR count). The molecule has 1 heterocycles. The van der Waals surface area contributed by atoms with Crippen LogP contribution in [0.2, 0.25) is 0 Å². The van der Waals surface area contributed by atoms with Gasteiger partial charge in [0.15, 0.2) is 0 Å². The molecule has 1 atom stereocenters. The Balaban J connectivity index is 0.00000220. The van der Waals surface area contributed by atoms with Gasteiger partial charge in [-0.25, -0.2) is 0 Å². The predicted molar refractivity (Wildman–Crippen MR) is 98.6 cm³/mol. The molecule has 0 saturated carbocycles. The average Bonchev–Trinajstić information content (AvgIpc) is 2.50. The maximum Gasteiger partial charge on any atom is 0.123 e. The number of para-hydroxylation sites is 1. The van der Waals surface area contributed by atoms with Gasteiger partial charge in [0.05, 0.1) is 0 Å². The van der Waals surface area contributed by atoms with Crippen LogP contribution in [0.15, 0.2) is 30.9 Å². The van der Waals surface area contributed by atoms with E-state index in [0.29, 0.717) is 11.8 Å². The first-order valence-corrected chi connectivity index (χ1v) is 7.64. The third kappa shape index (κ3) is 5.17. The number of halogens is 2. The van der Waals surface area contributed by atoms with Crippen LogP contribution < -0.4 is 5.32 Å². The lowest BCUT2D eigenvalue weighted by Gasteiger charge is -2.35. The molecule has 0 radical (unpaired) electrons. The van der Waals surface area contributed by atoms with Gasteiger partial charge in [-0.1, -0.05) is 31.2 Å². The third-order valence-electron chi connectivity index (χ3n) is 4.13. The van der Waals surface area contributed by atoms with Crippen molar-refractivity contribution in [3.63, 3.8) is 0 Å². The van der Waals surface area contributed by atoms with E-state index in [2.05, 4.69) is 35.9 Å². The van der Waals surface area contributed by atoms with Crippen LogP contribution in [-0.4, -0.2) is 36.2 Å². The maximum absolute atomic E-state index is 10.5. The zero-order valence-electron chi connectivity index (χ0n) is 13.3. The minimum Gasteiger partial charge on any atom is -0.507 e. The van der Waals surface area contributed by atoms with Crippen LogP contribution in [0.3, 0.4) is 0 Å². The highest BCUT2D eigenvalue weighted by molar-refractivity contribution is 5.85. The molecule has 1 aliphatic heterocycles. The molecule has 1 aliphatic rings. The molecule has 126 valence electrons. The van der Waals surface area contributed by atoms with Crippen LogP contribution >= 0.6 is 24.8 Å². The molecule has 5 heteroatoms. The van der Waals surface area contributed by atoms with Gasteiger partial charge >= 0.3 is 0 Å².